The molecule has 0 unspecified atom stereocenters. The van der Waals surface area contributed by atoms with Gasteiger partial charge in [0.1, 0.15) is 17.3 Å². The minimum absolute atomic E-state index is 0.0643. The van der Waals surface area contributed by atoms with Crippen LogP contribution in [0.5, 0.6) is 0 Å². The maximum atomic E-state index is 14.7. The number of piperazine rings is 1. The molecule has 0 spiro atoms. The Morgan fingerprint density at radius 3 is 2.10 bits per heavy atom. The molecule has 0 bridgehead atoms. The van der Waals surface area contributed by atoms with E-state index in [9.17, 15) is 18.4 Å². The SMILES string of the molecule is Cc1ccc(CCN2CCN(c3c(C)n(Cc4c(F)cccc4F)c(=O)n(C[C@H](N)c4ccccc4)c3=O)CC2)cc1. The maximum absolute atomic E-state index is 14.7. The van der Waals surface area contributed by atoms with Gasteiger partial charge in [0, 0.05) is 50.0 Å². The number of nitrogens with two attached hydrogens (primary N) is 1. The number of aryl methyl sites for hydroxylation is 1. The molecule has 0 aliphatic carbocycles. The van der Waals surface area contributed by atoms with Crippen molar-refractivity contribution in [1.82, 2.24) is 14.0 Å². The third kappa shape index (κ3) is 6.37. The van der Waals surface area contributed by atoms with Crippen molar-refractivity contribution in [3.05, 3.63) is 133 Å². The Labute approximate surface area is 244 Å². The summed E-state index contributed by atoms with van der Waals surface area (Å²) in [5.41, 5.74) is 9.16. The fourth-order valence-electron chi connectivity index (χ4n) is 5.58. The lowest BCUT2D eigenvalue weighted by Gasteiger charge is -2.37. The second kappa shape index (κ2) is 12.8. The fraction of sp³-hybridized carbons (Fsp3) is 0.333. The first-order valence-corrected chi connectivity index (χ1v) is 14.3. The first-order valence-electron chi connectivity index (χ1n) is 14.3. The number of hydrogen-bond donors (Lipinski definition) is 1. The normalized spacial score (nSPS) is 14.7. The first kappa shape index (κ1) is 29.4. The average Bonchev–Trinajstić information content (AvgIpc) is 2.99. The van der Waals surface area contributed by atoms with E-state index in [1.54, 1.807) is 6.92 Å². The molecule has 3 aromatic carbocycles. The number of anilines is 1. The van der Waals surface area contributed by atoms with Crippen LogP contribution in [0.3, 0.4) is 0 Å². The van der Waals surface area contributed by atoms with Crippen LogP contribution in [-0.2, 0) is 19.5 Å². The number of hydrogen-bond acceptors (Lipinski definition) is 5. The highest BCUT2D eigenvalue weighted by Gasteiger charge is 2.26. The predicted octanol–water partition coefficient (Wildman–Crippen LogP) is 4.02. The molecule has 1 saturated heterocycles. The summed E-state index contributed by atoms with van der Waals surface area (Å²) in [6.45, 7) is 6.90. The Bertz CT molecular complexity index is 1620. The van der Waals surface area contributed by atoms with Crippen LogP contribution in [0.2, 0.25) is 0 Å². The minimum Gasteiger partial charge on any atom is -0.363 e. The van der Waals surface area contributed by atoms with Crippen LogP contribution >= 0.6 is 0 Å². The molecular formula is C33H37F2N5O2. The van der Waals surface area contributed by atoms with Crippen molar-refractivity contribution < 1.29 is 8.78 Å². The summed E-state index contributed by atoms with van der Waals surface area (Å²) in [6.07, 6.45) is 0.933. The van der Waals surface area contributed by atoms with Gasteiger partial charge in [-0.2, -0.15) is 0 Å². The molecule has 0 radical (unpaired) electrons. The summed E-state index contributed by atoms with van der Waals surface area (Å²) in [7, 11) is 0. The molecule has 1 aliphatic heterocycles. The molecule has 1 fully saturated rings. The van der Waals surface area contributed by atoms with E-state index in [2.05, 4.69) is 36.1 Å². The van der Waals surface area contributed by atoms with E-state index in [1.165, 1.54) is 21.8 Å². The van der Waals surface area contributed by atoms with Crippen molar-refractivity contribution in [1.29, 1.82) is 0 Å². The molecular weight excluding hydrogens is 536 g/mol. The van der Waals surface area contributed by atoms with Crippen molar-refractivity contribution in [2.45, 2.75) is 39.4 Å². The van der Waals surface area contributed by atoms with Gasteiger partial charge in [0.2, 0.25) is 0 Å². The monoisotopic (exact) mass is 573 g/mol. The molecule has 220 valence electrons. The minimum atomic E-state index is -0.747. The zero-order valence-corrected chi connectivity index (χ0v) is 24.1. The van der Waals surface area contributed by atoms with Gasteiger partial charge in [-0.1, -0.05) is 66.2 Å². The maximum Gasteiger partial charge on any atom is 0.331 e. The number of rotatable bonds is 9. The molecule has 42 heavy (non-hydrogen) atoms. The lowest BCUT2D eigenvalue weighted by Crippen LogP contribution is -2.52. The summed E-state index contributed by atoms with van der Waals surface area (Å²) in [5.74, 6) is -1.49. The molecule has 2 heterocycles. The number of halogens is 2. The van der Waals surface area contributed by atoms with Crippen LogP contribution in [0, 0.1) is 25.5 Å². The third-order valence-corrected chi connectivity index (χ3v) is 8.17. The largest absolute Gasteiger partial charge is 0.363 e. The Kier molecular flexibility index (Phi) is 8.99. The fourth-order valence-corrected chi connectivity index (χ4v) is 5.58. The van der Waals surface area contributed by atoms with E-state index in [0.717, 1.165) is 48.3 Å². The molecule has 7 nitrogen and oxygen atoms in total. The summed E-state index contributed by atoms with van der Waals surface area (Å²) >= 11 is 0. The summed E-state index contributed by atoms with van der Waals surface area (Å²) < 4.78 is 31.7. The lowest BCUT2D eigenvalue weighted by molar-refractivity contribution is 0.260. The van der Waals surface area contributed by atoms with Crippen molar-refractivity contribution in [2.75, 3.05) is 37.6 Å². The number of nitrogens with zero attached hydrogens (tertiary/aromatic N) is 4. The Balaban J connectivity index is 1.45. The van der Waals surface area contributed by atoms with E-state index in [0.29, 0.717) is 24.5 Å². The second-order valence-electron chi connectivity index (χ2n) is 11.0. The smallest absolute Gasteiger partial charge is 0.331 e. The molecule has 0 amide bonds. The van der Waals surface area contributed by atoms with Crippen LogP contribution in [-0.4, -0.2) is 46.8 Å². The molecule has 9 heteroatoms. The van der Waals surface area contributed by atoms with Crippen molar-refractivity contribution in [3.63, 3.8) is 0 Å². The number of benzene rings is 3. The zero-order chi connectivity index (χ0) is 29.8. The summed E-state index contributed by atoms with van der Waals surface area (Å²) in [5, 5.41) is 0. The highest BCUT2D eigenvalue weighted by atomic mass is 19.1. The van der Waals surface area contributed by atoms with E-state index >= 15 is 0 Å². The summed E-state index contributed by atoms with van der Waals surface area (Å²) in [6, 6.07) is 20.8. The predicted molar refractivity (Wildman–Crippen MR) is 162 cm³/mol. The van der Waals surface area contributed by atoms with Gasteiger partial charge in [0.15, 0.2) is 0 Å². The summed E-state index contributed by atoms with van der Waals surface area (Å²) in [4.78, 5) is 32.0. The van der Waals surface area contributed by atoms with Crippen LogP contribution in [0.1, 0.15) is 34.0 Å². The topological polar surface area (TPSA) is 76.5 Å². The van der Waals surface area contributed by atoms with Gasteiger partial charge in [0.25, 0.3) is 5.56 Å². The first-order chi connectivity index (χ1) is 20.2. The van der Waals surface area contributed by atoms with E-state index in [1.807, 2.05) is 35.2 Å². The van der Waals surface area contributed by atoms with Gasteiger partial charge < -0.3 is 10.6 Å². The van der Waals surface area contributed by atoms with Crippen LogP contribution in [0.25, 0.3) is 0 Å². The van der Waals surface area contributed by atoms with Crippen LogP contribution in [0.15, 0.2) is 82.4 Å². The van der Waals surface area contributed by atoms with Crippen LogP contribution in [0.4, 0.5) is 14.5 Å². The van der Waals surface area contributed by atoms with Gasteiger partial charge in [0.05, 0.1) is 13.1 Å². The van der Waals surface area contributed by atoms with E-state index in [4.69, 9.17) is 5.73 Å². The molecule has 4 aromatic rings. The Morgan fingerprint density at radius 1 is 0.810 bits per heavy atom. The quantitative estimate of drug-likeness (QED) is 0.328. The standard InChI is InChI=1S/C33H37F2N5O2/c1-23-11-13-25(14-12-23)15-16-37-17-19-38(20-18-37)31-24(2)39(21-27-28(34)9-6-10-29(27)35)33(42)40(32(31)41)22-30(36)26-7-4-3-5-8-26/h3-14,30H,15-22,36H2,1-2H3/t30-/m0/s1. The molecule has 1 aliphatic rings. The molecule has 1 aromatic heterocycles. The highest BCUT2D eigenvalue weighted by Crippen LogP contribution is 2.20. The van der Waals surface area contributed by atoms with Gasteiger partial charge >= 0.3 is 5.69 Å². The van der Waals surface area contributed by atoms with E-state index < -0.39 is 28.9 Å². The van der Waals surface area contributed by atoms with Crippen LogP contribution < -0.4 is 21.9 Å². The molecule has 1 atom stereocenters. The Hall–Kier alpha value is -4.08. The van der Waals surface area contributed by atoms with Crippen molar-refractivity contribution >= 4 is 5.69 Å². The van der Waals surface area contributed by atoms with Gasteiger partial charge in [-0.3, -0.25) is 18.8 Å². The average molecular weight is 574 g/mol. The second-order valence-corrected chi connectivity index (χ2v) is 11.0. The molecule has 2 N–H and O–H groups in total. The Morgan fingerprint density at radius 2 is 1.45 bits per heavy atom. The zero-order valence-electron chi connectivity index (χ0n) is 24.1. The molecule has 0 saturated carbocycles. The van der Waals surface area contributed by atoms with E-state index in [-0.39, 0.29) is 18.7 Å². The lowest BCUT2D eigenvalue weighted by atomic mass is 10.1. The highest BCUT2D eigenvalue weighted by molar-refractivity contribution is 5.50. The van der Waals surface area contributed by atoms with Gasteiger partial charge in [-0.25, -0.2) is 13.6 Å². The van der Waals surface area contributed by atoms with Crippen molar-refractivity contribution in [2.24, 2.45) is 5.73 Å². The van der Waals surface area contributed by atoms with Crippen molar-refractivity contribution in [3.8, 4) is 0 Å². The molecule has 5 rings (SSSR count). The third-order valence-electron chi connectivity index (χ3n) is 8.17. The van der Waals surface area contributed by atoms with Gasteiger partial charge in [-0.05, 0) is 43.5 Å². The number of aromatic nitrogens is 2. The van der Waals surface area contributed by atoms with Gasteiger partial charge in [-0.15, -0.1) is 0 Å².